The number of imide groups is 1. The fourth-order valence-electron chi connectivity index (χ4n) is 2.57. The zero-order chi connectivity index (χ0) is 18.5. The Morgan fingerprint density at radius 3 is 2.50 bits per heavy atom. The largest absolute Gasteiger partial charge is 0.490 e. The smallest absolute Gasteiger partial charge is 0.286 e. The average molecular weight is 372 g/mol. The highest BCUT2D eigenvalue weighted by molar-refractivity contribution is 8.15. The van der Waals surface area contributed by atoms with Crippen molar-refractivity contribution in [2.24, 2.45) is 0 Å². The van der Waals surface area contributed by atoms with Gasteiger partial charge in [0.2, 0.25) is 5.91 Å². The maximum Gasteiger partial charge on any atom is 0.286 e. The normalized spacial score (nSPS) is 17.8. The Hall–Kier alpha value is -2.38. The van der Waals surface area contributed by atoms with E-state index in [1.54, 1.807) is 18.3 Å². The van der Waals surface area contributed by atoms with Crippen molar-refractivity contribution in [1.29, 1.82) is 0 Å². The van der Waals surface area contributed by atoms with Gasteiger partial charge in [-0.15, -0.1) is 0 Å². The monoisotopic (exact) mass is 372 g/mol. The van der Waals surface area contributed by atoms with E-state index in [2.05, 4.69) is 17.2 Å². The van der Waals surface area contributed by atoms with Crippen LogP contribution in [0.3, 0.4) is 0 Å². The fourth-order valence-corrected chi connectivity index (χ4v) is 3.43. The minimum absolute atomic E-state index is 0.104. The second-order valence-corrected chi connectivity index (χ2v) is 7.18. The zero-order valence-corrected chi connectivity index (χ0v) is 15.2. The van der Waals surface area contributed by atoms with Crippen LogP contribution in [0.5, 0.6) is 5.75 Å². The molecular weight excluding hydrogens is 352 g/mol. The van der Waals surface area contributed by atoms with Gasteiger partial charge in [-0.25, -0.2) is 0 Å². The summed E-state index contributed by atoms with van der Waals surface area (Å²) in [5, 5.41) is 11.8. The van der Waals surface area contributed by atoms with Gasteiger partial charge in [-0.1, -0.05) is 36.9 Å². The molecule has 1 aromatic heterocycles. The van der Waals surface area contributed by atoms with Crippen LogP contribution in [0.2, 0.25) is 0 Å². The van der Waals surface area contributed by atoms with Crippen LogP contribution in [0.25, 0.3) is 0 Å². The van der Waals surface area contributed by atoms with Crippen molar-refractivity contribution in [2.75, 3.05) is 6.61 Å². The maximum absolute atomic E-state index is 11.6. The van der Waals surface area contributed by atoms with Gasteiger partial charge in [-0.05, 0) is 42.2 Å². The van der Waals surface area contributed by atoms with Crippen molar-refractivity contribution < 1.29 is 19.4 Å². The molecule has 136 valence electrons. The summed E-state index contributed by atoms with van der Waals surface area (Å²) in [7, 11) is 0. The number of hydrogen-bond donors (Lipinski definition) is 2. The molecule has 7 heteroatoms. The highest BCUT2D eigenvalue weighted by Gasteiger charge is 2.31. The predicted molar refractivity (Wildman–Crippen MR) is 99.1 cm³/mol. The lowest BCUT2D eigenvalue weighted by Gasteiger charge is -2.13. The van der Waals surface area contributed by atoms with E-state index in [1.165, 1.54) is 0 Å². The average Bonchev–Trinajstić information content (AvgIpc) is 2.98. The number of aliphatic hydroxyl groups excluding tert-OH is 1. The molecule has 2 heterocycles. The lowest BCUT2D eigenvalue weighted by Crippen LogP contribution is -2.25. The highest BCUT2D eigenvalue weighted by Crippen LogP contribution is 2.24. The molecule has 1 saturated heterocycles. The Morgan fingerprint density at radius 1 is 1.19 bits per heavy atom. The Labute approximate surface area is 156 Å². The van der Waals surface area contributed by atoms with Gasteiger partial charge < -0.3 is 9.84 Å². The summed E-state index contributed by atoms with van der Waals surface area (Å²) in [6, 6.07) is 11.0. The predicted octanol–water partition coefficient (Wildman–Crippen LogP) is 2.65. The van der Waals surface area contributed by atoms with Crippen LogP contribution in [0.15, 0.2) is 42.6 Å². The van der Waals surface area contributed by atoms with Crippen molar-refractivity contribution in [3.63, 3.8) is 0 Å². The maximum atomic E-state index is 11.6. The SMILES string of the molecule is CCc1ccc(C(O)COc2ccc(C[C@@H]3SC(=O)NC3=O)cc2)nc1. The molecule has 0 spiro atoms. The Morgan fingerprint density at radius 2 is 1.92 bits per heavy atom. The number of nitrogens with one attached hydrogen (secondary N) is 1. The Kier molecular flexibility index (Phi) is 5.90. The fraction of sp³-hybridized carbons (Fsp3) is 0.316. The molecule has 1 unspecified atom stereocenters. The number of pyridine rings is 1. The summed E-state index contributed by atoms with van der Waals surface area (Å²) in [6.45, 7) is 2.16. The zero-order valence-electron chi connectivity index (χ0n) is 14.3. The first-order valence-electron chi connectivity index (χ1n) is 8.41. The van der Waals surface area contributed by atoms with Crippen molar-refractivity contribution in [1.82, 2.24) is 10.3 Å². The number of thioether (sulfide) groups is 1. The van der Waals surface area contributed by atoms with Gasteiger partial charge in [0, 0.05) is 6.20 Å². The molecule has 2 atom stereocenters. The standard InChI is InChI=1S/C19H20N2O4S/c1-2-12-5-8-15(20-10-12)16(22)11-25-14-6-3-13(4-7-14)9-17-18(23)21-19(24)26-17/h3-8,10,16-17,22H,2,9,11H2,1H3,(H,21,23,24)/t16?,17-/m0/s1. The summed E-state index contributed by atoms with van der Waals surface area (Å²) < 4.78 is 5.61. The Balaban J connectivity index is 1.52. The van der Waals surface area contributed by atoms with Crippen LogP contribution in [-0.2, 0) is 17.6 Å². The van der Waals surface area contributed by atoms with Crippen molar-refractivity contribution in [2.45, 2.75) is 31.1 Å². The molecule has 1 aliphatic rings. The number of ether oxygens (including phenoxy) is 1. The topological polar surface area (TPSA) is 88.5 Å². The van der Waals surface area contributed by atoms with E-state index in [0.29, 0.717) is 17.9 Å². The van der Waals surface area contributed by atoms with Gasteiger partial charge >= 0.3 is 0 Å². The van der Waals surface area contributed by atoms with Crippen LogP contribution in [0, 0.1) is 0 Å². The number of carbonyl (C=O) groups is 2. The van der Waals surface area contributed by atoms with E-state index in [1.807, 2.05) is 24.3 Å². The molecule has 0 saturated carbocycles. The van der Waals surface area contributed by atoms with Crippen LogP contribution in [0.1, 0.15) is 29.8 Å². The van der Waals surface area contributed by atoms with Gasteiger partial charge in [-0.3, -0.25) is 19.9 Å². The molecule has 3 rings (SSSR count). The van der Waals surface area contributed by atoms with Crippen LogP contribution in [-0.4, -0.2) is 33.1 Å². The quantitative estimate of drug-likeness (QED) is 0.777. The van der Waals surface area contributed by atoms with Gasteiger partial charge in [-0.2, -0.15) is 0 Å². The van der Waals surface area contributed by atoms with Gasteiger partial charge in [0.1, 0.15) is 18.5 Å². The second kappa shape index (κ2) is 8.33. The lowest BCUT2D eigenvalue weighted by atomic mass is 10.1. The summed E-state index contributed by atoms with van der Waals surface area (Å²) in [5.41, 5.74) is 2.64. The molecule has 0 radical (unpaired) electrons. The van der Waals surface area contributed by atoms with E-state index in [9.17, 15) is 14.7 Å². The first kappa shape index (κ1) is 18.4. The van der Waals surface area contributed by atoms with E-state index >= 15 is 0 Å². The molecule has 26 heavy (non-hydrogen) atoms. The summed E-state index contributed by atoms with van der Waals surface area (Å²) in [4.78, 5) is 27.0. The minimum Gasteiger partial charge on any atom is -0.490 e. The number of aryl methyl sites for hydroxylation is 1. The molecule has 1 aromatic carbocycles. The number of aliphatic hydroxyl groups is 1. The molecule has 2 N–H and O–H groups in total. The van der Waals surface area contributed by atoms with Gasteiger partial charge in [0.15, 0.2) is 0 Å². The number of rotatable bonds is 7. The molecule has 2 aromatic rings. The molecule has 1 aliphatic heterocycles. The molecule has 1 fully saturated rings. The van der Waals surface area contributed by atoms with Gasteiger partial charge in [0.25, 0.3) is 5.24 Å². The van der Waals surface area contributed by atoms with Crippen molar-refractivity contribution in [3.8, 4) is 5.75 Å². The summed E-state index contributed by atoms with van der Waals surface area (Å²) in [6.07, 6.45) is 2.35. The van der Waals surface area contributed by atoms with Crippen LogP contribution >= 0.6 is 11.8 Å². The van der Waals surface area contributed by atoms with E-state index in [0.717, 1.165) is 29.3 Å². The number of carbonyl (C=O) groups excluding carboxylic acids is 2. The molecule has 6 nitrogen and oxygen atoms in total. The third-order valence-electron chi connectivity index (χ3n) is 4.12. The molecule has 2 amide bonds. The van der Waals surface area contributed by atoms with Crippen molar-refractivity contribution >= 4 is 22.9 Å². The highest BCUT2D eigenvalue weighted by atomic mass is 32.2. The van der Waals surface area contributed by atoms with Gasteiger partial charge in [0.05, 0.1) is 10.9 Å². The van der Waals surface area contributed by atoms with E-state index in [-0.39, 0.29) is 23.0 Å². The van der Waals surface area contributed by atoms with E-state index < -0.39 is 6.10 Å². The third-order valence-corrected chi connectivity index (χ3v) is 5.10. The molecule has 0 aliphatic carbocycles. The number of amides is 2. The van der Waals surface area contributed by atoms with Crippen LogP contribution in [0.4, 0.5) is 4.79 Å². The summed E-state index contributed by atoms with van der Waals surface area (Å²) in [5.74, 6) is 0.377. The number of hydrogen-bond acceptors (Lipinski definition) is 6. The molecular formula is C19H20N2O4S. The molecule has 0 bridgehead atoms. The summed E-state index contributed by atoms with van der Waals surface area (Å²) >= 11 is 1.02. The lowest BCUT2D eigenvalue weighted by molar-refractivity contribution is -0.118. The van der Waals surface area contributed by atoms with Crippen LogP contribution < -0.4 is 10.1 Å². The number of benzene rings is 1. The first-order chi connectivity index (χ1) is 12.5. The first-order valence-corrected chi connectivity index (χ1v) is 9.29. The second-order valence-electron chi connectivity index (χ2n) is 6.00. The van der Waals surface area contributed by atoms with E-state index in [4.69, 9.17) is 4.74 Å². The minimum atomic E-state index is -0.801. The number of aromatic nitrogens is 1. The van der Waals surface area contributed by atoms with Crippen molar-refractivity contribution in [3.05, 3.63) is 59.4 Å². The number of nitrogens with zero attached hydrogens (tertiary/aromatic N) is 1. The Bertz CT molecular complexity index is 777. The third kappa shape index (κ3) is 4.62.